The van der Waals surface area contributed by atoms with Crippen LogP contribution in [0, 0.1) is 25.7 Å². The van der Waals surface area contributed by atoms with Crippen LogP contribution in [-0.4, -0.2) is 187 Å². The zero-order valence-electron chi connectivity index (χ0n) is 57.9. The Morgan fingerprint density at radius 1 is 0.505 bits per heavy atom. The number of aromatic nitrogens is 2. The molecular weight excluding hydrogens is 1330 g/mol. The molecule has 29 heteroatoms. The zero-order chi connectivity index (χ0) is 74.4. The molecule has 103 heavy (non-hydrogen) atoms. The number of amides is 5. The van der Waals surface area contributed by atoms with Crippen molar-refractivity contribution in [1.82, 2.24) is 56.2 Å². The number of carbonyl (C=O) groups excluding carboxylic acids is 4. The number of nitrogens with one attached hydrogen (secondary N) is 5. The molecule has 13 N–H and O–H groups in total. The maximum Gasteiger partial charge on any atom is 0.326 e. The number of carboxylic acids is 6. The first kappa shape index (κ1) is 78.1. The van der Waals surface area contributed by atoms with Gasteiger partial charge in [-0.25, -0.2) is 14.4 Å². The Bertz CT molecular complexity index is 4050. The van der Waals surface area contributed by atoms with E-state index in [0.29, 0.717) is 70.7 Å². The average Bonchev–Trinajstić information content (AvgIpc) is 0.847. The molecular formula is C74H91N11O18. The van der Waals surface area contributed by atoms with Crippen molar-refractivity contribution in [2.45, 2.75) is 155 Å². The fraction of sp³-hybridized carbons (Fsp3) is 0.432. The highest BCUT2D eigenvalue weighted by molar-refractivity contribution is 5.90. The third-order valence-corrected chi connectivity index (χ3v) is 18.4. The number of hydrogen-bond donors (Lipinski definition) is 13. The maximum atomic E-state index is 14.3. The molecule has 550 valence electrons. The van der Waals surface area contributed by atoms with Gasteiger partial charge in [-0.3, -0.25) is 63.1 Å². The number of benzene rings is 4. The van der Waals surface area contributed by atoms with E-state index in [-0.39, 0.29) is 120 Å². The highest BCUT2D eigenvalue weighted by Crippen LogP contribution is 2.33. The second-order valence-electron chi connectivity index (χ2n) is 26.8. The van der Waals surface area contributed by atoms with Crippen LogP contribution in [0.2, 0.25) is 0 Å². The topological polar surface area (TPSA) is 431 Å². The van der Waals surface area contributed by atoms with E-state index >= 15 is 0 Å². The van der Waals surface area contributed by atoms with Crippen LogP contribution in [0.1, 0.15) is 132 Å². The summed E-state index contributed by atoms with van der Waals surface area (Å²) in [6, 6.07) is 25.2. The van der Waals surface area contributed by atoms with Gasteiger partial charge in [0, 0.05) is 99.9 Å². The van der Waals surface area contributed by atoms with Gasteiger partial charge in [-0.2, -0.15) is 0 Å². The Kier molecular flexibility index (Phi) is 28.3. The molecule has 2 aliphatic rings. The molecule has 1 aliphatic heterocycles. The molecule has 4 atom stereocenters. The molecule has 4 aromatic carbocycles. The highest BCUT2D eigenvalue weighted by atomic mass is 16.4. The lowest BCUT2D eigenvalue weighted by atomic mass is 9.81. The lowest BCUT2D eigenvalue weighted by molar-refractivity contribution is -0.141. The number of pyridine rings is 2. The molecule has 0 spiro atoms. The van der Waals surface area contributed by atoms with Gasteiger partial charge in [-0.1, -0.05) is 90.0 Å². The minimum absolute atomic E-state index is 0.0134. The van der Waals surface area contributed by atoms with Crippen molar-refractivity contribution in [2.75, 3.05) is 39.3 Å². The zero-order valence-corrected chi connectivity index (χ0v) is 57.9. The van der Waals surface area contributed by atoms with Crippen LogP contribution >= 0.6 is 0 Å². The fourth-order valence-electron chi connectivity index (χ4n) is 13.3. The monoisotopic (exact) mass is 1420 g/mol. The molecule has 5 amide bonds. The molecule has 1 unspecified atom stereocenters. The molecule has 2 aromatic heterocycles. The molecule has 1 aliphatic carbocycles. The van der Waals surface area contributed by atoms with Gasteiger partial charge in [0.15, 0.2) is 0 Å². The van der Waals surface area contributed by atoms with E-state index in [0.717, 1.165) is 27.5 Å². The van der Waals surface area contributed by atoms with Crippen molar-refractivity contribution in [3.8, 4) is 11.5 Å². The number of carboxylic acid groups (broad SMARTS) is 6. The number of phenols is 2. The number of carbonyl (C=O) groups is 10. The van der Waals surface area contributed by atoms with Crippen molar-refractivity contribution in [3.63, 3.8) is 0 Å². The van der Waals surface area contributed by atoms with E-state index in [2.05, 4.69) is 26.6 Å². The van der Waals surface area contributed by atoms with E-state index in [4.69, 9.17) is 15.1 Å². The summed E-state index contributed by atoms with van der Waals surface area (Å²) in [6.45, 7) is 4.28. The third-order valence-electron chi connectivity index (χ3n) is 18.4. The minimum atomic E-state index is -1.57. The number of hydrogen-bond acceptors (Lipinski definition) is 18. The molecule has 8 rings (SSSR count). The number of phenolic OH excluding ortho intramolecular Hbond substituents is 2. The summed E-state index contributed by atoms with van der Waals surface area (Å²) in [4.78, 5) is 143. The second kappa shape index (κ2) is 37.3. The quantitative estimate of drug-likeness (QED) is 0.0271. The Morgan fingerprint density at radius 2 is 1.02 bits per heavy atom. The van der Waals surface area contributed by atoms with E-state index in [1.54, 1.807) is 87.2 Å². The highest BCUT2D eigenvalue weighted by Gasteiger charge is 2.32. The third kappa shape index (κ3) is 24.3. The molecule has 1 fully saturated rings. The number of urea groups is 1. The number of fused-ring (bicyclic) bond motifs is 9. The summed E-state index contributed by atoms with van der Waals surface area (Å²) >= 11 is 0. The van der Waals surface area contributed by atoms with Crippen LogP contribution in [-0.2, 0) is 95.4 Å². The largest absolute Gasteiger partial charge is 0.507 e. The smallest absolute Gasteiger partial charge is 0.326 e. The van der Waals surface area contributed by atoms with Crippen LogP contribution in [0.25, 0.3) is 10.8 Å². The molecule has 0 saturated heterocycles. The van der Waals surface area contributed by atoms with Crippen molar-refractivity contribution < 1.29 is 88.8 Å². The normalized spacial score (nSPS) is 17.4. The number of rotatable bonds is 27. The summed E-state index contributed by atoms with van der Waals surface area (Å²) in [6.07, 6.45) is 1.57. The van der Waals surface area contributed by atoms with Crippen molar-refractivity contribution in [1.29, 1.82) is 0 Å². The Balaban J connectivity index is 0.952. The number of unbranched alkanes of at least 4 members (excludes halogenated alkanes) is 1. The standard InChI is InChI=1S/C74H91N11O18/c1-44-26-52-33-82(37-56-12-8-13-57(77-56)38-83(41-65(89)90)35-54-28-45(2)29-55(69(54)96)36-85(43-67(93)94)46(3)59-16-9-14-58(78-59)39-84(42-66(91)92)34-53(27-44)68(52)95)40-63(86)76-32-47-17-21-50(22-18-47)70(97)79-62(31-48-19-20-49-10-4-5-11-51(49)30-48)71(98)75-25-7-6-15-60(72(99)100)80-74(103)81-61(73(101)102)23-24-64(87)88/h4-5,8-14,16,19-20,26-30,46-47,50,60-62,95-96H,6-7,15,17-18,21-25,31-43H2,1-3H3,(H,75,98)(H,76,86)(H,79,97)(H,87,88)(H,89,90)(H,91,92)(H,93,94)(H,99,100)(H,101,102)(H2,80,81,103)/t46?,47?,50?,60-,61-,62-/m0/s1. The van der Waals surface area contributed by atoms with Gasteiger partial charge in [-0.05, 0) is 119 Å². The van der Waals surface area contributed by atoms with Gasteiger partial charge in [0.25, 0.3) is 0 Å². The van der Waals surface area contributed by atoms with E-state index in [1.165, 1.54) is 0 Å². The van der Waals surface area contributed by atoms with Crippen LogP contribution in [0.4, 0.5) is 4.79 Å². The number of aryl methyl sites for hydroxylation is 2. The Hall–Kier alpha value is -10.6. The lowest BCUT2D eigenvalue weighted by Crippen LogP contribution is -2.51. The molecule has 1 saturated carbocycles. The predicted molar refractivity (Wildman–Crippen MR) is 375 cm³/mol. The summed E-state index contributed by atoms with van der Waals surface area (Å²) in [5.41, 5.74) is 5.80. The average molecular weight is 1420 g/mol. The van der Waals surface area contributed by atoms with Gasteiger partial charge >= 0.3 is 41.8 Å². The van der Waals surface area contributed by atoms with Gasteiger partial charge in [0.05, 0.1) is 55.0 Å². The first-order valence-electron chi connectivity index (χ1n) is 34.3. The summed E-state index contributed by atoms with van der Waals surface area (Å²) in [5, 5.41) is 97.9. The van der Waals surface area contributed by atoms with Gasteiger partial charge in [0.1, 0.15) is 29.6 Å². The van der Waals surface area contributed by atoms with Crippen LogP contribution in [0.15, 0.2) is 103 Å². The van der Waals surface area contributed by atoms with Crippen molar-refractivity contribution >= 4 is 70.3 Å². The minimum Gasteiger partial charge on any atom is -0.507 e. The number of aromatic hydroxyl groups is 2. The molecule has 3 heterocycles. The first-order valence-corrected chi connectivity index (χ1v) is 34.3. The van der Waals surface area contributed by atoms with E-state index in [9.17, 15) is 83.7 Å². The SMILES string of the molecule is Cc1cc2c(O)c(c1)CN(CC(=O)O)Cc1cccc(n1)C(C)N(CC(=O)O)Cc1cc(C)cc(c1O)CN(CC(=O)O)Cc1cccc(n1)CN(CC(=O)NCC1CCC(C(=O)N[C@@H](Cc3ccc4ccccc4c3)C(=O)NCCCC[C@H](NC(=O)N[C@@H](CCC(=O)O)C(=O)O)C(=O)O)CC1)C2. The van der Waals surface area contributed by atoms with E-state index in [1.807, 2.05) is 56.3 Å². The maximum absolute atomic E-state index is 14.3. The molecule has 0 radical (unpaired) electrons. The van der Waals surface area contributed by atoms with Crippen molar-refractivity contribution in [2.24, 2.45) is 11.8 Å². The Morgan fingerprint density at radius 3 is 1.56 bits per heavy atom. The number of nitrogens with zero attached hydrogens (tertiary/aromatic N) is 6. The summed E-state index contributed by atoms with van der Waals surface area (Å²) < 4.78 is 0. The summed E-state index contributed by atoms with van der Waals surface area (Å²) in [5.74, 6) is -9.47. The van der Waals surface area contributed by atoms with Crippen molar-refractivity contribution in [3.05, 3.63) is 165 Å². The summed E-state index contributed by atoms with van der Waals surface area (Å²) in [7, 11) is 0. The molecule has 8 bridgehead atoms. The van der Waals surface area contributed by atoms with E-state index < -0.39 is 110 Å². The van der Waals surface area contributed by atoms with Crippen LogP contribution < -0.4 is 26.6 Å². The van der Waals surface area contributed by atoms with Crippen LogP contribution in [0.3, 0.4) is 0 Å². The predicted octanol–water partition coefficient (Wildman–Crippen LogP) is 5.80. The first-order chi connectivity index (χ1) is 49.1. The number of aliphatic carboxylic acids is 6. The second-order valence-corrected chi connectivity index (χ2v) is 26.8. The molecule has 29 nitrogen and oxygen atoms in total. The van der Waals surface area contributed by atoms with Crippen LogP contribution in [0.5, 0.6) is 11.5 Å². The lowest BCUT2D eigenvalue weighted by Gasteiger charge is -2.30. The Labute approximate surface area is 595 Å². The van der Waals surface area contributed by atoms with Gasteiger partial charge < -0.3 is 67.4 Å². The van der Waals surface area contributed by atoms with Gasteiger partial charge in [0.2, 0.25) is 17.7 Å². The molecule has 6 aromatic rings. The fourth-order valence-corrected chi connectivity index (χ4v) is 13.3. The van der Waals surface area contributed by atoms with Gasteiger partial charge in [-0.15, -0.1) is 0 Å².